The molecule has 8 rings (SSSR count). The van der Waals surface area contributed by atoms with Crippen LogP contribution >= 0.6 is 0 Å². The molecule has 2 fully saturated rings. The van der Waals surface area contributed by atoms with Crippen LogP contribution in [0, 0.1) is 5.92 Å². The minimum absolute atomic E-state index is 0.0253. The normalized spacial score (nSPS) is 29.1. The Balaban J connectivity index is 1.13. The van der Waals surface area contributed by atoms with Crippen molar-refractivity contribution in [2.45, 2.75) is 55.3 Å². The lowest BCUT2D eigenvalue weighted by Crippen LogP contribution is -2.75. The molecule has 1 saturated heterocycles. The largest absolute Gasteiger partial charge is 0.508 e. The summed E-state index contributed by atoms with van der Waals surface area (Å²) >= 11 is 0. The highest BCUT2D eigenvalue weighted by Crippen LogP contribution is 2.66. The maximum absolute atomic E-state index is 13.7. The van der Waals surface area contributed by atoms with Crippen molar-refractivity contribution >= 4 is 17.4 Å². The molecule has 0 radical (unpaired) electrons. The fraction of sp³-hybridized carbons (Fsp3) is 0.353. The first-order valence-electron chi connectivity index (χ1n) is 14.7. The predicted octanol–water partition coefficient (Wildman–Crippen LogP) is 4.25. The maximum atomic E-state index is 13.7. The summed E-state index contributed by atoms with van der Waals surface area (Å²) in [6, 6.07) is 18.9. The van der Waals surface area contributed by atoms with E-state index in [-0.39, 0.29) is 35.3 Å². The number of phenolic OH excluding ortho intramolecular Hbond substituents is 1. The molecule has 214 valence electrons. The monoisotopic (exact) mass is 564 g/mol. The van der Waals surface area contributed by atoms with E-state index in [4.69, 9.17) is 4.74 Å². The molecule has 8 nitrogen and oxygen atoms in total. The number of nitrogens with zero attached hydrogens (tertiary/aromatic N) is 1. The van der Waals surface area contributed by atoms with E-state index in [1.165, 1.54) is 12.8 Å². The number of rotatable bonds is 6. The molecular weight excluding hydrogens is 532 g/mol. The number of ether oxygens (including phenoxy) is 1. The Kier molecular flexibility index (Phi) is 5.43. The lowest BCUT2D eigenvalue weighted by molar-refractivity contribution is -0.172. The van der Waals surface area contributed by atoms with Gasteiger partial charge in [0, 0.05) is 41.4 Å². The summed E-state index contributed by atoms with van der Waals surface area (Å²) in [5.41, 5.74) is 1.09. The second kappa shape index (κ2) is 8.93. The summed E-state index contributed by atoms with van der Waals surface area (Å²) in [7, 11) is 0. The van der Waals surface area contributed by atoms with Crippen LogP contribution in [0.15, 0.2) is 78.1 Å². The lowest BCUT2D eigenvalue weighted by Gasteiger charge is -2.62. The Hall–Kier alpha value is -4.14. The highest BCUT2D eigenvalue weighted by Gasteiger charge is 2.73. The van der Waals surface area contributed by atoms with E-state index in [0.717, 1.165) is 24.2 Å². The van der Waals surface area contributed by atoms with Gasteiger partial charge in [0.05, 0.1) is 16.6 Å². The quantitative estimate of drug-likeness (QED) is 0.331. The number of aromatic hydroxyl groups is 1. The van der Waals surface area contributed by atoms with Crippen LogP contribution in [-0.4, -0.2) is 62.7 Å². The van der Waals surface area contributed by atoms with Crippen molar-refractivity contribution < 1.29 is 29.6 Å². The third-order valence-electron chi connectivity index (χ3n) is 10.2. The van der Waals surface area contributed by atoms with Crippen LogP contribution in [0.1, 0.15) is 52.7 Å². The summed E-state index contributed by atoms with van der Waals surface area (Å²) in [6.07, 6.45) is 2.51. The molecule has 42 heavy (non-hydrogen) atoms. The Morgan fingerprint density at radius 2 is 1.71 bits per heavy atom. The number of benzene rings is 3. The number of amides is 1. The zero-order valence-corrected chi connectivity index (χ0v) is 23.0. The molecule has 3 aliphatic carbocycles. The van der Waals surface area contributed by atoms with Gasteiger partial charge in [-0.2, -0.15) is 0 Å². The number of piperidine rings is 1. The molecule has 1 spiro atoms. The topological polar surface area (TPSA) is 119 Å². The average molecular weight is 565 g/mol. The number of anilines is 1. The number of aliphatic hydroxyl groups excluding tert-OH is 1. The summed E-state index contributed by atoms with van der Waals surface area (Å²) < 4.78 is 6.28. The van der Waals surface area contributed by atoms with E-state index >= 15 is 0 Å². The summed E-state index contributed by atoms with van der Waals surface area (Å²) in [6.45, 7) is 1.65. The van der Waals surface area contributed by atoms with Gasteiger partial charge in [-0.3, -0.25) is 14.5 Å². The van der Waals surface area contributed by atoms with Crippen LogP contribution in [0.5, 0.6) is 11.5 Å². The fourth-order valence-corrected chi connectivity index (χ4v) is 8.04. The number of carbonyl (C=O) groups excluding carboxylic acids is 2. The summed E-state index contributed by atoms with van der Waals surface area (Å²) in [5, 5.41) is 38.0. The number of likely N-dealkylation sites (tertiary alicyclic amines) is 1. The van der Waals surface area contributed by atoms with E-state index in [9.17, 15) is 24.9 Å². The molecule has 0 aromatic heterocycles. The van der Waals surface area contributed by atoms with Gasteiger partial charge in [0.2, 0.25) is 0 Å². The number of hydrogen-bond donors (Lipinski definition) is 4. The molecule has 8 heteroatoms. The van der Waals surface area contributed by atoms with Crippen molar-refractivity contribution in [3.8, 4) is 11.5 Å². The van der Waals surface area contributed by atoms with Gasteiger partial charge in [0.25, 0.3) is 5.91 Å². The third kappa shape index (κ3) is 3.48. The van der Waals surface area contributed by atoms with Crippen LogP contribution < -0.4 is 10.1 Å². The van der Waals surface area contributed by atoms with Crippen LogP contribution in [0.4, 0.5) is 5.69 Å². The van der Waals surface area contributed by atoms with Crippen LogP contribution in [0.3, 0.4) is 0 Å². The lowest BCUT2D eigenvalue weighted by atomic mass is 9.49. The van der Waals surface area contributed by atoms with Crippen LogP contribution in [0.25, 0.3) is 0 Å². The molecule has 3 aromatic rings. The SMILES string of the molecule is O=C(Nc1ccc(C(=O)c2ccccc2)cc1)C1=C(O)[C@@H]2Oc3c(O)ccc4c3[C@@]23CCN(CC2CC2)[C@H](C4)[C@]3(O)C1. The van der Waals surface area contributed by atoms with Gasteiger partial charge < -0.3 is 25.4 Å². The van der Waals surface area contributed by atoms with Crippen molar-refractivity contribution in [3.63, 3.8) is 0 Å². The van der Waals surface area contributed by atoms with Gasteiger partial charge in [-0.1, -0.05) is 36.4 Å². The fourth-order valence-electron chi connectivity index (χ4n) is 8.04. The van der Waals surface area contributed by atoms with E-state index in [1.54, 1.807) is 42.5 Å². The predicted molar refractivity (Wildman–Crippen MR) is 155 cm³/mol. The van der Waals surface area contributed by atoms with Gasteiger partial charge in [-0.25, -0.2) is 0 Å². The smallest absolute Gasteiger partial charge is 0.255 e. The Labute approximate surface area is 243 Å². The zero-order chi connectivity index (χ0) is 28.8. The van der Waals surface area contributed by atoms with Gasteiger partial charge in [-0.05, 0) is 74.0 Å². The van der Waals surface area contributed by atoms with Gasteiger partial charge in [0.15, 0.2) is 23.4 Å². The molecule has 1 saturated carbocycles. The van der Waals surface area contributed by atoms with Crippen molar-refractivity contribution in [2.75, 3.05) is 18.4 Å². The highest BCUT2D eigenvalue weighted by atomic mass is 16.5. The molecule has 3 aromatic carbocycles. The molecule has 2 bridgehead atoms. The third-order valence-corrected chi connectivity index (χ3v) is 10.2. The Bertz CT molecular complexity index is 1660. The second-order valence-corrected chi connectivity index (χ2v) is 12.5. The maximum Gasteiger partial charge on any atom is 0.255 e. The van der Waals surface area contributed by atoms with E-state index in [1.807, 2.05) is 24.3 Å². The Morgan fingerprint density at radius 1 is 0.976 bits per heavy atom. The second-order valence-electron chi connectivity index (χ2n) is 12.5. The molecule has 0 unspecified atom stereocenters. The first-order chi connectivity index (χ1) is 20.3. The highest BCUT2D eigenvalue weighted by molar-refractivity contribution is 6.09. The van der Waals surface area contributed by atoms with E-state index < -0.39 is 23.0 Å². The first kappa shape index (κ1) is 25.6. The minimum Gasteiger partial charge on any atom is -0.508 e. The molecule has 2 heterocycles. The number of nitrogens with one attached hydrogen (secondary N) is 1. The Morgan fingerprint density at radius 3 is 2.45 bits per heavy atom. The average Bonchev–Trinajstić information content (AvgIpc) is 3.74. The molecular formula is C34H32N2O6. The number of ketones is 1. The van der Waals surface area contributed by atoms with Gasteiger partial charge in [-0.15, -0.1) is 0 Å². The van der Waals surface area contributed by atoms with E-state index in [2.05, 4.69) is 10.2 Å². The van der Waals surface area contributed by atoms with Crippen LogP contribution in [-0.2, 0) is 16.6 Å². The van der Waals surface area contributed by atoms with Crippen LogP contribution in [0.2, 0.25) is 0 Å². The molecule has 4 atom stereocenters. The standard InChI is InChI=1S/C34H32N2O6/c37-25-13-10-22-16-26-34(41)17-24(32(40)35-23-11-8-21(9-12-23)28(38)20-4-2-1-3-5-20)29(39)31-33(34,27(22)30(25)42-31)14-15-36(26)18-19-6-7-19/h1-5,8-13,19,26,31,37,39,41H,6-7,14-18H2,(H,35,40)/t26-,31+,33+,34-/m1/s1. The first-order valence-corrected chi connectivity index (χ1v) is 14.7. The number of carbonyl (C=O) groups is 2. The zero-order valence-electron chi connectivity index (χ0n) is 23.0. The van der Waals surface area contributed by atoms with Gasteiger partial charge in [0.1, 0.15) is 5.76 Å². The number of phenols is 1. The van der Waals surface area contributed by atoms with Crippen molar-refractivity contribution in [1.82, 2.24) is 4.90 Å². The molecule has 4 N–H and O–H groups in total. The minimum atomic E-state index is -1.37. The summed E-state index contributed by atoms with van der Waals surface area (Å²) in [5.74, 6) is 0.0562. The van der Waals surface area contributed by atoms with Crippen molar-refractivity contribution in [2.24, 2.45) is 5.92 Å². The molecule has 5 aliphatic rings. The van der Waals surface area contributed by atoms with Crippen molar-refractivity contribution in [1.29, 1.82) is 0 Å². The molecule has 1 amide bonds. The number of aliphatic hydroxyl groups is 2. The van der Waals surface area contributed by atoms with E-state index in [0.29, 0.717) is 41.3 Å². The summed E-state index contributed by atoms with van der Waals surface area (Å²) in [4.78, 5) is 28.9. The number of hydrogen-bond acceptors (Lipinski definition) is 7. The molecule has 2 aliphatic heterocycles. The van der Waals surface area contributed by atoms with Crippen molar-refractivity contribution in [3.05, 3.63) is 100 Å². The van der Waals surface area contributed by atoms with Gasteiger partial charge >= 0.3 is 0 Å².